The average Bonchev–Trinajstić information content (AvgIpc) is 2.24. The number of hydrogen-bond acceptors (Lipinski definition) is 2. The van der Waals surface area contributed by atoms with E-state index in [2.05, 4.69) is 19.2 Å². The summed E-state index contributed by atoms with van der Waals surface area (Å²) in [6.07, 6.45) is 10.3. The van der Waals surface area contributed by atoms with Crippen LogP contribution in [0.2, 0.25) is 0 Å². The third-order valence-electron chi connectivity index (χ3n) is 6.90. The molecule has 0 spiro atoms. The molecule has 4 bridgehead atoms. The van der Waals surface area contributed by atoms with E-state index in [9.17, 15) is 5.11 Å². The first-order valence-corrected chi connectivity index (χ1v) is 8.37. The van der Waals surface area contributed by atoms with Crippen molar-refractivity contribution < 1.29 is 5.11 Å². The molecule has 0 amide bonds. The predicted octanol–water partition coefficient (Wildman–Crippen LogP) is 3.10. The molecule has 5 fully saturated rings. The minimum absolute atomic E-state index is 0.107. The van der Waals surface area contributed by atoms with Crippen molar-refractivity contribution in [2.24, 2.45) is 23.2 Å². The molecule has 1 saturated heterocycles. The highest BCUT2D eigenvalue weighted by Gasteiger charge is 2.61. The van der Waals surface area contributed by atoms with Gasteiger partial charge in [0.1, 0.15) is 0 Å². The number of rotatable bonds is 1. The molecule has 4 aliphatic carbocycles. The first-order chi connectivity index (χ1) is 8.90. The van der Waals surface area contributed by atoms with Crippen LogP contribution in [0.3, 0.4) is 0 Å². The van der Waals surface area contributed by atoms with Crippen molar-refractivity contribution in [3.63, 3.8) is 0 Å². The summed E-state index contributed by atoms with van der Waals surface area (Å²) < 4.78 is 0. The van der Waals surface area contributed by atoms with Gasteiger partial charge in [0, 0.05) is 11.0 Å². The van der Waals surface area contributed by atoms with Crippen LogP contribution in [0.15, 0.2) is 0 Å². The predicted molar refractivity (Wildman–Crippen MR) is 76.9 cm³/mol. The molecule has 2 N–H and O–H groups in total. The average molecular weight is 263 g/mol. The van der Waals surface area contributed by atoms with Crippen LogP contribution in [0.5, 0.6) is 0 Å². The lowest BCUT2D eigenvalue weighted by Gasteiger charge is -2.64. The van der Waals surface area contributed by atoms with Gasteiger partial charge in [0.15, 0.2) is 0 Å². The van der Waals surface area contributed by atoms with Crippen molar-refractivity contribution in [1.82, 2.24) is 5.32 Å². The molecule has 0 aromatic rings. The van der Waals surface area contributed by atoms with Crippen LogP contribution < -0.4 is 5.32 Å². The summed E-state index contributed by atoms with van der Waals surface area (Å²) in [5.74, 6) is 2.81. The lowest BCUT2D eigenvalue weighted by molar-refractivity contribution is -0.198. The highest BCUT2D eigenvalue weighted by Crippen LogP contribution is 2.65. The first kappa shape index (κ1) is 12.6. The molecule has 0 radical (unpaired) electrons. The summed E-state index contributed by atoms with van der Waals surface area (Å²) >= 11 is 0. The van der Waals surface area contributed by atoms with Gasteiger partial charge in [0.25, 0.3) is 0 Å². The van der Waals surface area contributed by atoms with E-state index in [4.69, 9.17) is 0 Å². The fourth-order valence-corrected chi connectivity index (χ4v) is 6.62. The summed E-state index contributed by atoms with van der Waals surface area (Å²) in [6, 6.07) is 0. The van der Waals surface area contributed by atoms with E-state index in [1.165, 1.54) is 38.5 Å². The minimum atomic E-state index is -0.391. The van der Waals surface area contributed by atoms with Gasteiger partial charge in [-0.1, -0.05) is 0 Å². The Balaban J connectivity index is 1.67. The van der Waals surface area contributed by atoms with Gasteiger partial charge in [-0.15, -0.1) is 0 Å². The van der Waals surface area contributed by atoms with Crippen LogP contribution >= 0.6 is 0 Å². The highest BCUT2D eigenvalue weighted by atomic mass is 16.3. The standard InChI is InChI=1S/C17H29NO/c1-15(2)11-17(19,3-4-18-15)16-8-12-5-13(9-16)7-14(6-12)10-16/h12-14,18-19H,3-11H2,1-2H3. The van der Waals surface area contributed by atoms with E-state index >= 15 is 0 Å². The summed E-state index contributed by atoms with van der Waals surface area (Å²) in [5, 5.41) is 15.1. The number of nitrogens with one attached hydrogen (secondary N) is 1. The highest BCUT2D eigenvalue weighted by molar-refractivity contribution is 5.13. The minimum Gasteiger partial charge on any atom is -0.389 e. The van der Waals surface area contributed by atoms with Crippen LogP contribution in [0.25, 0.3) is 0 Å². The maximum absolute atomic E-state index is 11.5. The van der Waals surface area contributed by atoms with Crippen molar-refractivity contribution in [3.05, 3.63) is 0 Å². The van der Waals surface area contributed by atoms with Crippen LogP contribution in [-0.4, -0.2) is 22.8 Å². The fourth-order valence-electron chi connectivity index (χ4n) is 6.62. The second-order valence-corrected chi connectivity index (χ2v) is 8.97. The summed E-state index contributed by atoms with van der Waals surface area (Å²) in [4.78, 5) is 0. The molecule has 0 aromatic heterocycles. The topological polar surface area (TPSA) is 32.3 Å². The number of hydrogen-bond donors (Lipinski definition) is 2. The van der Waals surface area contributed by atoms with Crippen LogP contribution in [-0.2, 0) is 0 Å². The third-order valence-corrected chi connectivity index (χ3v) is 6.90. The maximum atomic E-state index is 11.5. The van der Waals surface area contributed by atoms with Crippen LogP contribution in [0.4, 0.5) is 0 Å². The van der Waals surface area contributed by atoms with Crippen LogP contribution in [0.1, 0.15) is 65.2 Å². The van der Waals surface area contributed by atoms with Gasteiger partial charge < -0.3 is 10.4 Å². The van der Waals surface area contributed by atoms with E-state index in [0.717, 1.165) is 37.1 Å². The van der Waals surface area contributed by atoms with E-state index in [0.29, 0.717) is 0 Å². The quantitative estimate of drug-likeness (QED) is 0.762. The molecule has 1 atom stereocenters. The Morgan fingerprint density at radius 3 is 1.95 bits per heavy atom. The third kappa shape index (κ3) is 1.82. The Bertz CT molecular complexity index is 353. The lowest BCUT2D eigenvalue weighted by Crippen LogP contribution is -2.65. The zero-order valence-corrected chi connectivity index (χ0v) is 12.5. The van der Waals surface area contributed by atoms with Gasteiger partial charge in [0.2, 0.25) is 0 Å². The van der Waals surface area contributed by atoms with Crippen LogP contribution in [0, 0.1) is 23.2 Å². The Morgan fingerprint density at radius 1 is 0.947 bits per heavy atom. The Kier molecular flexibility index (Phi) is 2.50. The van der Waals surface area contributed by atoms with E-state index in [1.54, 1.807) is 0 Å². The van der Waals surface area contributed by atoms with E-state index in [1.807, 2.05) is 0 Å². The zero-order valence-electron chi connectivity index (χ0n) is 12.5. The molecule has 108 valence electrons. The Morgan fingerprint density at radius 2 is 1.47 bits per heavy atom. The molecule has 1 heterocycles. The molecule has 19 heavy (non-hydrogen) atoms. The van der Waals surface area contributed by atoms with E-state index in [-0.39, 0.29) is 11.0 Å². The molecule has 2 nitrogen and oxygen atoms in total. The Labute approximate surface area is 117 Å². The number of piperidine rings is 1. The molecule has 2 heteroatoms. The molecule has 4 saturated carbocycles. The van der Waals surface area contributed by atoms with Crippen molar-refractivity contribution in [1.29, 1.82) is 0 Å². The molecule has 1 unspecified atom stereocenters. The summed E-state index contributed by atoms with van der Waals surface area (Å²) in [7, 11) is 0. The van der Waals surface area contributed by atoms with Crippen molar-refractivity contribution in [2.45, 2.75) is 76.4 Å². The van der Waals surface area contributed by atoms with Gasteiger partial charge in [-0.25, -0.2) is 0 Å². The van der Waals surface area contributed by atoms with Gasteiger partial charge in [-0.05, 0) is 89.5 Å². The van der Waals surface area contributed by atoms with Gasteiger partial charge in [0.05, 0.1) is 5.60 Å². The fraction of sp³-hybridized carbons (Fsp3) is 1.00. The van der Waals surface area contributed by atoms with Gasteiger partial charge in [-0.3, -0.25) is 0 Å². The first-order valence-electron chi connectivity index (χ1n) is 8.37. The lowest BCUT2D eigenvalue weighted by atomic mass is 9.43. The SMILES string of the molecule is CC1(C)CC(O)(C23CC4CC(CC(C4)C2)C3)CCN1. The second-order valence-electron chi connectivity index (χ2n) is 8.97. The van der Waals surface area contributed by atoms with Gasteiger partial charge in [-0.2, -0.15) is 0 Å². The summed E-state index contributed by atoms with van der Waals surface area (Å²) in [6.45, 7) is 5.51. The van der Waals surface area contributed by atoms with Crippen molar-refractivity contribution in [2.75, 3.05) is 6.54 Å². The normalized spacial score (nSPS) is 55.4. The molecule has 1 aliphatic heterocycles. The molecule has 5 rings (SSSR count). The summed E-state index contributed by atoms with van der Waals surface area (Å²) in [5.41, 5.74) is -0.00475. The smallest absolute Gasteiger partial charge is 0.0733 e. The zero-order chi connectivity index (χ0) is 13.3. The second kappa shape index (κ2) is 3.76. The van der Waals surface area contributed by atoms with Gasteiger partial charge >= 0.3 is 0 Å². The maximum Gasteiger partial charge on any atom is 0.0733 e. The van der Waals surface area contributed by atoms with Crippen molar-refractivity contribution in [3.8, 4) is 0 Å². The largest absolute Gasteiger partial charge is 0.389 e. The molecular weight excluding hydrogens is 234 g/mol. The molecule has 0 aromatic carbocycles. The Hall–Kier alpha value is -0.0800. The van der Waals surface area contributed by atoms with Crippen molar-refractivity contribution >= 4 is 0 Å². The monoisotopic (exact) mass is 263 g/mol. The number of aliphatic hydroxyl groups is 1. The molecule has 5 aliphatic rings. The molecular formula is C17H29NO. The van der Waals surface area contributed by atoms with E-state index < -0.39 is 5.60 Å².